The van der Waals surface area contributed by atoms with Gasteiger partial charge >= 0.3 is 5.97 Å². The van der Waals surface area contributed by atoms with Crippen LogP contribution in [0, 0.1) is 23.2 Å². The number of hydrogen-bond acceptors (Lipinski definition) is 6. The lowest BCUT2D eigenvalue weighted by atomic mass is 9.90. The molecule has 2 atom stereocenters. The largest absolute Gasteiger partial charge is 0.454 e. The number of ether oxygens (including phenoxy) is 1. The molecule has 1 heterocycles. The molecule has 0 saturated heterocycles. The van der Waals surface area contributed by atoms with Crippen molar-refractivity contribution in [2.45, 2.75) is 52.6 Å². The Hall–Kier alpha value is -3.21. The van der Waals surface area contributed by atoms with Crippen molar-refractivity contribution in [1.29, 1.82) is 5.26 Å². The highest BCUT2D eigenvalue weighted by Gasteiger charge is 2.43. The highest BCUT2D eigenvalue weighted by molar-refractivity contribution is 6.22. The van der Waals surface area contributed by atoms with Crippen LogP contribution in [0.3, 0.4) is 0 Å². The van der Waals surface area contributed by atoms with E-state index in [0.29, 0.717) is 0 Å². The summed E-state index contributed by atoms with van der Waals surface area (Å²) >= 11 is 0. The number of fused-ring (bicyclic) bond motifs is 1. The van der Waals surface area contributed by atoms with Crippen LogP contribution in [0.15, 0.2) is 24.3 Å². The zero-order chi connectivity index (χ0) is 22.6. The molecule has 30 heavy (non-hydrogen) atoms. The Morgan fingerprint density at radius 2 is 1.67 bits per heavy atom. The number of nitrogens with zero attached hydrogens (tertiary/aromatic N) is 2. The maximum absolute atomic E-state index is 12.8. The van der Waals surface area contributed by atoms with Crippen LogP contribution >= 0.6 is 0 Å². The lowest BCUT2D eigenvalue weighted by molar-refractivity contribution is -0.153. The average molecular weight is 413 g/mol. The SMILES string of the molecule is CC(C)C[C@@H](C(=O)OCC(=O)N[C@@](C)(C#N)C(C)C)N1C(=O)c2ccccc2C1=O. The second kappa shape index (κ2) is 9.08. The van der Waals surface area contributed by atoms with E-state index in [1.54, 1.807) is 32.9 Å². The molecule has 0 fully saturated rings. The van der Waals surface area contributed by atoms with Crippen molar-refractivity contribution < 1.29 is 23.9 Å². The minimum atomic E-state index is -1.14. The van der Waals surface area contributed by atoms with Crippen molar-refractivity contribution in [3.05, 3.63) is 35.4 Å². The lowest BCUT2D eigenvalue weighted by Crippen LogP contribution is -2.51. The van der Waals surface area contributed by atoms with Gasteiger partial charge in [-0.15, -0.1) is 0 Å². The van der Waals surface area contributed by atoms with Gasteiger partial charge in [0.25, 0.3) is 17.7 Å². The summed E-state index contributed by atoms with van der Waals surface area (Å²) in [7, 11) is 0. The standard InChI is InChI=1S/C22H27N3O5/c1-13(2)10-17(25-19(27)15-8-6-7-9-16(15)20(25)28)21(29)30-11-18(26)24-22(5,12-23)14(3)4/h6-9,13-14,17H,10-11H2,1-5H3,(H,24,26)/t17-,22-/m0/s1. The van der Waals surface area contributed by atoms with Gasteiger partial charge in [-0.3, -0.25) is 19.3 Å². The molecule has 0 saturated carbocycles. The Labute approximate surface area is 176 Å². The zero-order valence-electron chi connectivity index (χ0n) is 17.9. The first kappa shape index (κ1) is 23.1. The maximum Gasteiger partial charge on any atom is 0.329 e. The normalized spacial score (nSPS) is 16.1. The summed E-state index contributed by atoms with van der Waals surface area (Å²) in [4.78, 5) is 51.4. The fourth-order valence-electron chi connectivity index (χ4n) is 3.10. The Bertz CT molecular complexity index is 867. The van der Waals surface area contributed by atoms with Gasteiger partial charge in [0, 0.05) is 0 Å². The van der Waals surface area contributed by atoms with Crippen molar-refractivity contribution in [1.82, 2.24) is 10.2 Å². The Morgan fingerprint density at radius 3 is 2.10 bits per heavy atom. The van der Waals surface area contributed by atoms with Crippen LogP contribution < -0.4 is 5.32 Å². The highest BCUT2D eigenvalue weighted by atomic mass is 16.5. The van der Waals surface area contributed by atoms with E-state index in [2.05, 4.69) is 5.32 Å². The highest BCUT2D eigenvalue weighted by Crippen LogP contribution is 2.27. The number of benzene rings is 1. The molecule has 3 amide bonds. The van der Waals surface area contributed by atoms with Crippen LogP contribution in [-0.4, -0.2) is 46.8 Å². The van der Waals surface area contributed by atoms with Crippen LogP contribution in [0.1, 0.15) is 61.8 Å². The molecule has 0 unspecified atom stereocenters. The predicted octanol–water partition coefficient (Wildman–Crippen LogP) is 2.29. The molecule has 0 aromatic heterocycles. The molecule has 8 heteroatoms. The molecule has 1 aliphatic rings. The fourth-order valence-corrected chi connectivity index (χ4v) is 3.10. The third-order valence-corrected chi connectivity index (χ3v) is 5.24. The van der Waals surface area contributed by atoms with E-state index in [1.165, 1.54) is 12.1 Å². The van der Waals surface area contributed by atoms with E-state index in [4.69, 9.17) is 4.74 Å². The van der Waals surface area contributed by atoms with E-state index in [-0.39, 0.29) is 29.4 Å². The summed E-state index contributed by atoms with van der Waals surface area (Å²) in [5.74, 6) is -2.75. The third-order valence-electron chi connectivity index (χ3n) is 5.24. The summed E-state index contributed by atoms with van der Waals surface area (Å²) < 4.78 is 5.14. The van der Waals surface area contributed by atoms with Gasteiger partial charge in [0.2, 0.25) is 0 Å². The number of imide groups is 1. The molecular formula is C22H27N3O5. The quantitative estimate of drug-likeness (QED) is 0.516. The van der Waals surface area contributed by atoms with Crippen molar-refractivity contribution in [3.8, 4) is 6.07 Å². The van der Waals surface area contributed by atoms with Crippen molar-refractivity contribution >= 4 is 23.7 Å². The predicted molar refractivity (Wildman–Crippen MR) is 108 cm³/mol. The molecule has 2 rings (SSSR count). The van der Waals surface area contributed by atoms with Gasteiger partial charge in [-0.25, -0.2) is 4.79 Å². The maximum atomic E-state index is 12.8. The average Bonchev–Trinajstić information content (AvgIpc) is 2.94. The molecule has 0 spiro atoms. The monoisotopic (exact) mass is 413 g/mol. The number of amides is 3. The van der Waals surface area contributed by atoms with Gasteiger partial charge < -0.3 is 10.1 Å². The summed E-state index contributed by atoms with van der Waals surface area (Å²) in [5, 5.41) is 11.9. The van der Waals surface area contributed by atoms with Gasteiger partial charge in [0.05, 0.1) is 17.2 Å². The van der Waals surface area contributed by atoms with E-state index in [0.717, 1.165) is 4.90 Å². The van der Waals surface area contributed by atoms with Crippen molar-refractivity contribution in [2.24, 2.45) is 11.8 Å². The molecule has 1 N–H and O–H groups in total. The number of rotatable bonds is 8. The van der Waals surface area contributed by atoms with Crippen molar-refractivity contribution in [3.63, 3.8) is 0 Å². The van der Waals surface area contributed by atoms with Gasteiger partial charge in [-0.1, -0.05) is 39.8 Å². The molecule has 1 aromatic rings. The van der Waals surface area contributed by atoms with Gasteiger partial charge in [0.15, 0.2) is 6.61 Å². The van der Waals surface area contributed by atoms with Crippen LogP contribution in [-0.2, 0) is 14.3 Å². The number of esters is 1. The van der Waals surface area contributed by atoms with E-state index >= 15 is 0 Å². The first-order valence-corrected chi connectivity index (χ1v) is 9.87. The molecule has 1 aliphatic heterocycles. The third kappa shape index (κ3) is 4.67. The minimum absolute atomic E-state index is 0.0106. The molecular weight excluding hydrogens is 386 g/mol. The molecule has 0 aliphatic carbocycles. The molecule has 0 radical (unpaired) electrons. The van der Waals surface area contributed by atoms with E-state index in [9.17, 15) is 24.4 Å². The topological polar surface area (TPSA) is 117 Å². The zero-order valence-corrected chi connectivity index (χ0v) is 17.9. The van der Waals surface area contributed by atoms with Gasteiger partial charge in [-0.2, -0.15) is 5.26 Å². The summed E-state index contributed by atoms with van der Waals surface area (Å²) in [6, 6.07) is 7.27. The second-order valence-corrected chi connectivity index (χ2v) is 8.30. The van der Waals surface area contributed by atoms with Gasteiger partial charge in [0.1, 0.15) is 11.6 Å². The van der Waals surface area contributed by atoms with E-state index in [1.807, 2.05) is 19.9 Å². The molecule has 1 aromatic carbocycles. The first-order chi connectivity index (χ1) is 14.0. The fraction of sp³-hybridized carbons (Fsp3) is 0.500. The molecule has 8 nitrogen and oxygen atoms in total. The number of hydrogen-bond donors (Lipinski definition) is 1. The van der Waals surface area contributed by atoms with Gasteiger partial charge in [-0.05, 0) is 37.3 Å². The minimum Gasteiger partial charge on any atom is -0.454 e. The number of nitriles is 1. The molecule has 0 bridgehead atoms. The van der Waals surface area contributed by atoms with Crippen LogP contribution in [0.2, 0.25) is 0 Å². The Kier molecular flexibility index (Phi) is 6.98. The number of carbonyl (C=O) groups is 4. The number of nitrogens with one attached hydrogen (secondary N) is 1. The second-order valence-electron chi connectivity index (χ2n) is 8.30. The Balaban J connectivity index is 2.14. The van der Waals surface area contributed by atoms with E-state index < -0.39 is 41.9 Å². The lowest BCUT2D eigenvalue weighted by Gasteiger charge is -2.28. The summed E-state index contributed by atoms with van der Waals surface area (Å²) in [5.41, 5.74) is -0.629. The number of carbonyl (C=O) groups excluding carboxylic acids is 4. The first-order valence-electron chi connectivity index (χ1n) is 9.87. The summed E-state index contributed by atoms with van der Waals surface area (Å²) in [6.45, 7) is 8.25. The van der Waals surface area contributed by atoms with Crippen LogP contribution in [0.4, 0.5) is 0 Å². The van der Waals surface area contributed by atoms with Crippen molar-refractivity contribution in [2.75, 3.05) is 6.61 Å². The van der Waals surface area contributed by atoms with Crippen LogP contribution in [0.25, 0.3) is 0 Å². The Morgan fingerprint density at radius 1 is 1.13 bits per heavy atom. The molecule has 160 valence electrons. The summed E-state index contributed by atoms with van der Waals surface area (Å²) in [6.07, 6.45) is 0.202. The van der Waals surface area contributed by atoms with Crippen LogP contribution in [0.5, 0.6) is 0 Å². The smallest absolute Gasteiger partial charge is 0.329 e.